The molecule has 0 N–H and O–H groups in total. The molecule has 1 aliphatic rings. The summed E-state index contributed by atoms with van der Waals surface area (Å²) in [7, 11) is 0. The summed E-state index contributed by atoms with van der Waals surface area (Å²) < 4.78 is 15.1. The largest absolute Gasteiger partial charge is 0.341 e. The summed E-state index contributed by atoms with van der Waals surface area (Å²) in [4.78, 5) is 17.4. The molecule has 21 heavy (non-hydrogen) atoms. The van der Waals surface area contributed by atoms with E-state index in [0.717, 1.165) is 18.7 Å². The lowest BCUT2D eigenvalue weighted by molar-refractivity contribution is -0.127. The fourth-order valence-electron chi connectivity index (χ4n) is 2.61. The quantitative estimate of drug-likeness (QED) is 0.851. The molecule has 6 heteroatoms. The molecule has 1 saturated heterocycles. The van der Waals surface area contributed by atoms with Crippen LogP contribution >= 0.6 is 0 Å². The maximum absolute atomic E-state index is 13.3. The lowest BCUT2D eigenvalue weighted by atomic mass is 10.2. The van der Waals surface area contributed by atoms with Gasteiger partial charge in [0.25, 0.3) is 0 Å². The first-order chi connectivity index (χ1) is 10.0. The van der Waals surface area contributed by atoms with Crippen molar-refractivity contribution in [3.05, 3.63) is 35.9 Å². The van der Waals surface area contributed by atoms with E-state index in [2.05, 4.69) is 10.1 Å². The minimum atomic E-state index is -0.314. The monoisotopic (exact) mass is 288 g/mol. The molecular weight excluding hydrogens is 271 g/mol. The van der Waals surface area contributed by atoms with Crippen LogP contribution in [0.1, 0.15) is 25.1 Å². The molecule has 5 nitrogen and oxygen atoms in total. The number of aromatic nitrogens is 3. The maximum Gasteiger partial charge on any atom is 0.219 e. The number of hydrogen-bond acceptors (Lipinski definition) is 3. The van der Waals surface area contributed by atoms with Gasteiger partial charge < -0.3 is 4.90 Å². The molecule has 0 bridgehead atoms. The van der Waals surface area contributed by atoms with Gasteiger partial charge in [0.1, 0.15) is 11.5 Å². The second-order valence-corrected chi connectivity index (χ2v) is 5.35. The van der Waals surface area contributed by atoms with E-state index in [0.29, 0.717) is 17.9 Å². The third-order valence-electron chi connectivity index (χ3n) is 3.87. The van der Waals surface area contributed by atoms with Gasteiger partial charge in [-0.3, -0.25) is 9.48 Å². The number of rotatable bonds is 2. The van der Waals surface area contributed by atoms with Crippen molar-refractivity contribution in [2.24, 2.45) is 0 Å². The van der Waals surface area contributed by atoms with E-state index >= 15 is 0 Å². The number of amides is 1. The van der Waals surface area contributed by atoms with E-state index in [-0.39, 0.29) is 17.8 Å². The second kappa shape index (κ2) is 5.27. The minimum Gasteiger partial charge on any atom is -0.341 e. The molecule has 2 aromatic heterocycles. The molecule has 3 rings (SSSR count). The molecule has 0 aromatic carbocycles. The van der Waals surface area contributed by atoms with Gasteiger partial charge >= 0.3 is 0 Å². The summed E-state index contributed by atoms with van der Waals surface area (Å²) in [6, 6.07) is 5.11. The first-order valence-electron chi connectivity index (χ1n) is 6.99. The highest BCUT2D eigenvalue weighted by Crippen LogP contribution is 2.23. The molecule has 0 spiro atoms. The maximum atomic E-state index is 13.3. The topological polar surface area (TPSA) is 51.0 Å². The van der Waals surface area contributed by atoms with E-state index in [1.165, 1.54) is 6.07 Å². The van der Waals surface area contributed by atoms with Crippen molar-refractivity contribution in [3.8, 4) is 11.4 Å². The van der Waals surface area contributed by atoms with Crippen LogP contribution in [0.2, 0.25) is 0 Å². The molecule has 3 heterocycles. The van der Waals surface area contributed by atoms with Gasteiger partial charge in [0.05, 0.1) is 17.4 Å². The van der Waals surface area contributed by atoms with Crippen LogP contribution in [0, 0.1) is 12.7 Å². The number of pyridine rings is 1. The van der Waals surface area contributed by atoms with E-state index in [9.17, 15) is 9.18 Å². The zero-order valence-electron chi connectivity index (χ0n) is 12.1. The van der Waals surface area contributed by atoms with Gasteiger partial charge in [-0.05, 0) is 31.5 Å². The molecule has 1 atom stereocenters. The highest BCUT2D eigenvalue weighted by atomic mass is 19.1. The smallest absolute Gasteiger partial charge is 0.219 e. The third kappa shape index (κ3) is 2.66. The summed E-state index contributed by atoms with van der Waals surface area (Å²) >= 11 is 0. The summed E-state index contributed by atoms with van der Waals surface area (Å²) in [5.74, 6) is -0.216. The molecule has 0 aliphatic carbocycles. The summed E-state index contributed by atoms with van der Waals surface area (Å²) in [5, 5.41) is 4.52. The zero-order valence-corrected chi connectivity index (χ0v) is 12.1. The van der Waals surface area contributed by atoms with Crippen LogP contribution in [0.25, 0.3) is 11.4 Å². The molecule has 1 amide bonds. The minimum absolute atomic E-state index is 0.0979. The normalized spacial score (nSPS) is 18.2. The number of aryl methyl sites for hydroxylation is 1. The summed E-state index contributed by atoms with van der Waals surface area (Å²) in [6.45, 7) is 4.68. The van der Waals surface area contributed by atoms with E-state index in [4.69, 9.17) is 0 Å². The Balaban J connectivity index is 1.80. The van der Waals surface area contributed by atoms with E-state index in [1.54, 1.807) is 19.9 Å². The fourth-order valence-corrected chi connectivity index (χ4v) is 2.61. The van der Waals surface area contributed by atoms with Crippen molar-refractivity contribution in [3.63, 3.8) is 0 Å². The lowest BCUT2D eigenvalue weighted by Gasteiger charge is -2.14. The number of likely N-dealkylation sites (tertiary alicyclic amines) is 1. The van der Waals surface area contributed by atoms with Crippen molar-refractivity contribution in [1.82, 2.24) is 19.7 Å². The molecule has 0 radical (unpaired) electrons. The molecule has 1 fully saturated rings. The first kappa shape index (κ1) is 13.7. The second-order valence-electron chi connectivity index (χ2n) is 5.35. The van der Waals surface area contributed by atoms with Crippen LogP contribution in [0.3, 0.4) is 0 Å². The van der Waals surface area contributed by atoms with Crippen molar-refractivity contribution in [1.29, 1.82) is 0 Å². The molecule has 0 saturated carbocycles. The number of carbonyl (C=O) groups excluding carboxylic acids is 1. The van der Waals surface area contributed by atoms with Crippen LogP contribution in [0.4, 0.5) is 4.39 Å². The van der Waals surface area contributed by atoms with Gasteiger partial charge in [0.2, 0.25) is 5.91 Å². The highest BCUT2D eigenvalue weighted by molar-refractivity contribution is 5.73. The van der Waals surface area contributed by atoms with Gasteiger partial charge in [-0.25, -0.2) is 9.37 Å². The van der Waals surface area contributed by atoms with Gasteiger partial charge in [-0.2, -0.15) is 5.10 Å². The fraction of sp³-hybridized carbons (Fsp3) is 0.400. The number of hydrogen-bond donors (Lipinski definition) is 0. The SMILES string of the molecule is CC(=O)N1CCC(n2ccc(-c3ccc(F)c(C)n3)n2)C1. The Morgan fingerprint density at radius 2 is 2.14 bits per heavy atom. The van der Waals surface area contributed by atoms with E-state index < -0.39 is 0 Å². The zero-order chi connectivity index (χ0) is 15.0. The van der Waals surface area contributed by atoms with Gasteiger partial charge in [-0.15, -0.1) is 0 Å². The van der Waals surface area contributed by atoms with Crippen LogP contribution in [-0.4, -0.2) is 38.7 Å². The standard InChI is InChI=1S/C15H17FN4O/c1-10-13(16)3-4-14(17-10)15-6-8-20(18-15)12-5-7-19(9-12)11(2)21/h3-4,6,8,12H,5,7,9H2,1-2H3. The number of carbonyl (C=O) groups is 1. The Hall–Kier alpha value is -2.24. The van der Waals surface area contributed by atoms with E-state index in [1.807, 2.05) is 21.8 Å². The Labute approximate surface area is 122 Å². The number of halogens is 1. The first-order valence-corrected chi connectivity index (χ1v) is 6.99. The average Bonchev–Trinajstić information content (AvgIpc) is 3.09. The van der Waals surface area contributed by atoms with Crippen molar-refractivity contribution >= 4 is 5.91 Å². The molecule has 110 valence electrons. The molecule has 1 aliphatic heterocycles. The van der Waals surface area contributed by atoms with Crippen molar-refractivity contribution in [2.45, 2.75) is 26.3 Å². The van der Waals surface area contributed by atoms with Gasteiger partial charge in [0, 0.05) is 26.2 Å². The highest BCUT2D eigenvalue weighted by Gasteiger charge is 2.26. The lowest BCUT2D eigenvalue weighted by Crippen LogP contribution is -2.26. The molecule has 2 aromatic rings. The average molecular weight is 288 g/mol. The third-order valence-corrected chi connectivity index (χ3v) is 3.87. The predicted molar refractivity (Wildman–Crippen MR) is 76.1 cm³/mol. The molecule has 1 unspecified atom stereocenters. The Kier molecular flexibility index (Phi) is 3.45. The van der Waals surface area contributed by atoms with Gasteiger partial charge in [-0.1, -0.05) is 0 Å². The van der Waals surface area contributed by atoms with Crippen LogP contribution < -0.4 is 0 Å². The molecular formula is C15H17FN4O. The Morgan fingerprint density at radius 1 is 1.33 bits per heavy atom. The Bertz CT molecular complexity index is 682. The van der Waals surface area contributed by atoms with Crippen molar-refractivity contribution in [2.75, 3.05) is 13.1 Å². The van der Waals surface area contributed by atoms with Crippen molar-refractivity contribution < 1.29 is 9.18 Å². The Morgan fingerprint density at radius 3 is 2.81 bits per heavy atom. The predicted octanol–water partition coefficient (Wildman–Crippen LogP) is 2.19. The van der Waals surface area contributed by atoms with Crippen LogP contribution in [-0.2, 0) is 4.79 Å². The van der Waals surface area contributed by atoms with Gasteiger partial charge in [0.15, 0.2) is 0 Å². The summed E-state index contributed by atoms with van der Waals surface area (Å²) in [6.07, 6.45) is 2.79. The van der Waals surface area contributed by atoms with Crippen LogP contribution in [0.15, 0.2) is 24.4 Å². The van der Waals surface area contributed by atoms with Crippen LogP contribution in [0.5, 0.6) is 0 Å². The summed E-state index contributed by atoms with van der Waals surface area (Å²) in [5.41, 5.74) is 1.75. The number of nitrogens with zero attached hydrogens (tertiary/aromatic N) is 4.